The van der Waals surface area contributed by atoms with Gasteiger partial charge in [-0.25, -0.2) is 33.1 Å². The van der Waals surface area contributed by atoms with Crippen LogP contribution in [0.4, 0.5) is 40.4 Å². The van der Waals surface area contributed by atoms with Gasteiger partial charge in [-0.15, -0.1) is 0 Å². The Labute approximate surface area is 233 Å². The number of alkyl halides is 1. The third kappa shape index (κ3) is 5.76. The van der Waals surface area contributed by atoms with E-state index < -0.39 is 41.8 Å². The van der Waals surface area contributed by atoms with Gasteiger partial charge in [0.25, 0.3) is 0 Å². The van der Waals surface area contributed by atoms with Crippen molar-refractivity contribution in [2.45, 2.75) is 51.9 Å². The minimum Gasteiger partial charge on any atom is -0.474 e. The molecule has 1 aliphatic carbocycles. The van der Waals surface area contributed by atoms with E-state index in [1.54, 1.807) is 27.7 Å². The largest absolute Gasteiger partial charge is 0.474 e. The Morgan fingerprint density at radius 2 is 1.88 bits per heavy atom. The van der Waals surface area contributed by atoms with Gasteiger partial charge in [0.15, 0.2) is 5.82 Å². The molecule has 1 aliphatic heterocycles. The van der Waals surface area contributed by atoms with Gasteiger partial charge in [0.2, 0.25) is 5.88 Å². The molecule has 2 aromatic heterocycles. The molecule has 5 rings (SSSR count). The number of halogens is 2. The summed E-state index contributed by atoms with van der Waals surface area (Å²) >= 11 is 0. The number of rotatable bonds is 4. The Kier molecular flexibility index (Phi) is 7.01. The maximum atomic E-state index is 16.2. The molecule has 41 heavy (non-hydrogen) atoms. The van der Waals surface area contributed by atoms with Crippen LogP contribution in [0.2, 0.25) is 0 Å². The van der Waals surface area contributed by atoms with Crippen molar-refractivity contribution in [2.75, 3.05) is 28.7 Å². The summed E-state index contributed by atoms with van der Waals surface area (Å²) < 4.78 is 40.3. The van der Waals surface area contributed by atoms with Crippen LogP contribution >= 0.6 is 0 Å². The molecular formula is C27H28F2N6O6. The first-order valence-corrected chi connectivity index (χ1v) is 12.8. The summed E-state index contributed by atoms with van der Waals surface area (Å²) in [6, 6.07) is 1.72. The smallest absolute Gasteiger partial charge is 0.412 e. The number of amides is 4. The molecule has 0 bridgehead atoms. The molecule has 1 aromatic carbocycles. The van der Waals surface area contributed by atoms with E-state index in [1.807, 2.05) is 0 Å². The van der Waals surface area contributed by atoms with E-state index in [4.69, 9.17) is 9.47 Å². The number of carboxylic acid groups (broad SMARTS) is 1. The van der Waals surface area contributed by atoms with E-state index >= 15 is 4.39 Å². The number of urea groups is 1. The lowest BCUT2D eigenvalue weighted by Gasteiger charge is -2.29. The molecule has 1 fully saturated rings. The van der Waals surface area contributed by atoms with Crippen molar-refractivity contribution < 1.29 is 37.7 Å². The number of pyridine rings is 2. The molecule has 2 aliphatic rings. The van der Waals surface area contributed by atoms with Gasteiger partial charge in [-0.3, -0.25) is 15.5 Å². The molecule has 2 atom stereocenters. The Balaban J connectivity index is 1.62. The van der Waals surface area contributed by atoms with Crippen molar-refractivity contribution in [3.63, 3.8) is 0 Å². The van der Waals surface area contributed by atoms with Crippen molar-refractivity contribution in [3.8, 4) is 17.0 Å². The topological polar surface area (TPSA) is 155 Å². The number of anilines is 3. The van der Waals surface area contributed by atoms with Crippen LogP contribution in [0.15, 0.2) is 24.5 Å². The van der Waals surface area contributed by atoms with Gasteiger partial charge in [0.05, 0.1) is 18.3 Å². The average Bonchev–Trinajstić information content (AvgIpc) is 3.58. The summed E-state index contributed by atoms with van der Waals surface area (Å²) in [7, 11) is 0. The minimum atomic E-state index is -1.21. The second-order valence-electron chi connectivity index (χ2n) is 10.7. The molecule has 4 amide bonds. The first kappa shape index (κ1) is 27.8. The van der Waals surface area contributed by atoms with Crippen LogP contribution < -0.4 is 25.6 Å². The van der Waals surface area contributed by atoms with Gasteiger partial charge in [-0.2, -0.15) is 0 Å². The van der Waals surface area contributed by atoms with E-state index in [2.05, 4.69) is 25.9 Å². The van der Waals surface area contributed by atoms with Crippen LogP contribution in [0, 0.1) is 12.7 Å². The van der Waals surface area contributed by atoms with E-state index in [9.17, 15) is 23.9 Å². The summed E-state index contributed by atoms with van der Waals surface area (Å²) in [4.78, 5) is 46.3. The van der Waals surface area contributed by atoms with Crippen LogP contribution in [0.25, 0.3) is 21.9 Å². The number of nitrogens with zero attached hydrogens (tertiary/aromatic N) is 3. The highest BCUT2D eigenvalue weighted by Crippen LogP contribution is 2.42. The normalized spacial score (nSPS) is 17.8. The molecule has 4 N–H and O–H groups in total. The lowest BCUT2D eigenvalue weighted by molar-refractivity contribution is 0.0635. The van der Waals surface area contributed by atoms with Gasteiger partial charge < -0.3 is 19.9 Å². The predicted octanol–water partition coefficient (Wildman–Crippen LogP) is 5.20. The minimum absolute atomic E-state index is 0.00729. The standard InChI is InChI=1S/C27H28F2N6O6/c1-12-15(10-31-23-22(12)35(26(38)39)5-6-40-23)14-7-13-8-19(33-24(36)32-18-9-17(18)28)30-11-16(13)21(20(14)29)34-25(37)41-27(2,3)4/h7-8,10-11,17-18H,5-6,9H2,1-4H3,(H,34,37)(H,38,39)(H2,30,32,33,36)/t17-,18+/m1/s1. The lowest BCUT2D eigenvalue weighted by Crippen LogP contribution is -2.37. The maximum absolute atomic E-state index is 16.2. The summed E-state index contributed by atoms with van der Waals surface area (Å²) in [6.45, 7) is 6.77. The van der Waals surface area contributed by atoms with Gasteiger partial charge in [-0.05, 0) is 50.8 Å². The monoisotopic (exact) mass is 570 g/mol. The first-order valence-electron chi connectivity index (χ1n) is 12.8. The number of hydrogen-bond donors (Lipinski definition) is 4. The van der Waals surface area contributed by atoms with Crippen molar-refractivity contribution in [1.29, 1.82) is 0 Å². The van der Waals surface area contributed by atoms with Crippen molar-refractivity contribution in [2.24, 2.45) is 0 Å². The van der Waals surface area contributed by atoms with Crippen molar-refractivity contribution in [1.82, 2.24) is 15.3 Å². The Morgan fingerprint density at radius 1 is 1.15 bits per heavy atom. The number of ether oxygens (including phenoxy) is 2. The molecule has 0 radical (unpaired) electrons. The number of aromatic nitrogens is 2. The number of nitrogens with one attached hydrogen (secondary N) is 3. The zero-order valence-electron chi connectivity index (χ0n) is 22.7. The third-order valence-corrected chi connectivity index (χ3v) is 6.48. The van der Waals surface area contributed by atoms with Gasteiger partial charge in [-0.1, -0.05) is 0 Å². The number of benzene rings is 1. The van der Waals surface area contributed by atoms with E-state index in [1.165, 1.54) is 24.5 Å². The highest BCUT2D eigenvalue weighted by Gasteiger charge is 2.38. The zero-order chi connectivity index (χ0) is 29.6. The lowest BCUT2D eigenvalue weighted by atomic mass is 9.96. The highest BCUT2D eigenvalue weighted by atomic mass is 19.1. The molecule has 0 saturated heterocycles. The number of fused-ring (bicyclic) bond motifs is 2. The molecule has 12 nitrogen and oxygen atoms in total. The van der Waals surface area contributed by atoms with E-state index in [0.717, 1.165) is 4.90 Å². The van der Waals surface area contributed by atoms with Crippen LogP contribution in [0.1, 0.15) is 32.8 Å². The molecular weight excluding hydrogens is 542 g/mol. The number of carbonyl (C=O) groups is 3. The first-order chi connectivity index (χ1) is 19.3. The average molecular weight is 571 g/mol. The molecule has 0 spiro atoms. The van der Waals surface area contributed by atoms with E-state index in [-0.39, 0.29) is 59.2 Å². The second kappa shape index (κ2) is 10.3. The Morgan fingerprint density at radius 3 is 2.54 bits per heavy atom. The van der Waals surface area contributed by atoms with Gasteiger partial charge in [0.1, 0.15) is 29.9 Å². The van der Waals surface area contributed by atoms with Crippen LogP contribution in [-0.2, 0) is 4.74 Å². The molecule has 14 heteroatoms. The SMILES string of the molecule is Cc1c(-c2cc3cc(NC(=O)N[C@H]4C[C@H]4F)ncc3c(NC(=O)OC(C)(C)C)c2F)cnc2c1N(C(=O)O)CCO2. The fourth-order valence-electron chi connectivity index (χ4n) is 4.50. The Hall–Kier alpha value is -4.75. The zero-order valence-corrected chi connectivity index (χ0v) is 22.7. The second-order valence-corrected chi connectivity index (χ2v) is 10.7. The summed E-state index contributed by atoms with van der Waals surface area (Å²) in [5, 5.41) is 17.8. The molecule has 1 saturated carbocycles. The van der Waals surface area contributed by atoms with Crippen LogP contribution in [-0.4, -0.2) is 64.3 Å². The predicted molar refractivity (Wildman–Crippen MR) is 146 cm³/mol. The summed E-state index contributed by atoms with van der Waals surface area (Å²) in [6.07, 6.45) is -0.344. The van der Waals surface area contributed by atoms with Gasteiger partial charge in [0, 0.05) is 35.3 Å². The van der Waals surface area contributed by atoms with Crippen LogP contribution in [0.5, 0.6) is 5.88 Å². The molecule has 3 heterocycles. The summed E-state index contributed by atoms with van der Waals surface area (Å²) in [5.74, 6) is -0.645. The maximum Gasteiger partial charge on any atom is 0.412 e. The number of hydrogen-bond acceptors (Lipinski definition) is 7. The van der Waals surface area contributed by atoms with E-state index in [0.29, 0.717) is 10.9 Å². The fraction of sp³-hybridized carbons (Fsp3) is 0.370. The van der Waals surface area contributed by atoms with Crippen molar-refractivity contribution in [3.05, 3.63) is 35.9 Å². The highest BCUT2D eigenvalue weighted by molar-refractivity contribution is 6.05. The fourth-order valence-corrected chi connectivity index (χ4v) is 4.50. The van der Waals surface area contributed by atoms with Crippen molar-refractivity contribution >= 4 is 46.2 Å². The summed E-state index contributed by atoms with van der Waals surface area (Å²) in [5.41, 5.74) is -0.295. The number of carbonyl (C=O) groups excluding carboxylic acids is 2. The quantitative estimate of drug-likeness (QED) is 0.334. The molecule has 216 valence electrons. The molecule has 0 unspecified atom stereocenters. The van der Waals surface area contributed by atoms with Gasteiger partial charge >= 0.3 is 18.2 Å². The third-order valence-electron chi connectivity index (χ3n) is 6.48. The Bertz CT molecular complexity index is 1580. The van der Waals surface area contributed by atoms with Crippen LogP contribution in [0.3, 0.4) is 0 Å². The molecule has 3 aromatic rings.